The molecule has 1 N–H and O–H groups in total. The minimum Gasteiger partial charge on any atom is -0.317 e. The second-order valence-corrected chi connectivity index (χ2v) is 7.72. The zero-order valence-corrected chi connectivity index (χ0v) is 17.1. The average Bonchev–Trinajstić information content (AvgIpc) is 2.75. The molecule has 2 aromatic carbocycles. The molecular weight excluding hydrogens is 427 g/mol. The molecule has 0 unspecified atom stereocenters. The van der Waals surface area contributed by atoms with Crippen molar-refractivity contribution in [2.45, 2.75) is 25.1 Å². The maximum Gasteiger partial charge on any atom is 0.417 e. The van der Waals surface area contributed by atoms with Gasteiger partial charge in [-0.05, 0) is 35.7 Å². The van der Waals surface area contributed by atoms with Gasteiger partial charge in [-0.3, -0.25) is 4.98 Å². The van der Waals surface area contributed by atoms with E-state index in [0.717, 1.165) is 23.4 Å². The van der Waals surface area contributed by atoms with E-state index < -0.39 is 17.8 Å². The van der Waals surface area contributed by atoms with Gasteiger partial charge in [0, 0.05) is 24.8 Å². The molecular formula is C23H19ClF3N3O. The molecule has 0 fully saturated rings. The standard InChI is InChI=1S/C23H19ClF3N3O/c24-19-12-16(23(25,26)27)14-28-20(19)13-21-18-9-5-4-6-15(18)10-11-30(21)22(31)29-17-7-2-1-3-8-17/h1-9,12,14,21H,10-11,13H2,(H,29,31)/t21-/m1/s1. The van der Waals surface area contributed by atoms with Crippen LogP contribution in [0.1, 0.15) is 28.4 Å². The molecule has 1 aromatic heterocycles. The SMILES string of the molecule is O=C(Nc1ccccc1)N1CCc2ccccc2[C@H]1Cc1ncc(C(F)(F)F)cc1Cl. The third-order valence-corrected chi connectivity index (χ3v) is 5.66. The van der Waals surface area contributed by atoms with Crippen molar-refractivity contribution in [2.24, 2.45) is 0 Å². The van der Waals surface area contributed by atoms with Crippen LogP contribution in [0.5, 0.6) is 0 Å². The number of aromatic nitrogens is 1. The summed E-state index contributed by atoms with van der Waals surface area (Å²) in [6.45, 7) is 0.471. The highest BCUT2D eigenvalue weighted by molar-refractivity contribution is 6.31. The van der Waals surface area contributed by atoms with Gasteiger partial charge in [0.05, 0.1) is 22.3 Å². The van der Waals surface area contributed by atoms with Gasteiger partial charge in [0.2, 0.25) is 0 Å². The summed E-state index contributed by atoms with van der Waals surface area (Å²) in [5.41, 5.74) is 2.11. The number of rotatable bonds is 3. The fraction of sp³-hybridized carbons (Fsp3) is 0.217. The third-order valence-electron chi connectivity index (χ3n) is 5.33. The van der Waals surface area contributed by atoms with Crippen molar-refractivity contribution >= 4 is 23.3 Å². The molecule has 0 aliphatic carbocycles. The number of hydrogen-bond acceptors (Lipinski definition) is 2. The van der Waals surface area contributed by atoms with Gasteiger partial charge in [-0.1, -0.05) is 54.1 Å². The summed E-state index contributed by atoms with van der Waals surface area (Å²) in [6, 6.07) is 17.0. The van der Waals surface area contributed by atoms with Crippen LogP contribution < -0.4 is 5.32 Å². The van der Waals surface area contributed by atoms with Crippen LogP contribution in [0.2, 0.25) is 5.02 Å². The van der Waals surface area contributed by atoms with Crippen LogP contribution >= 0.6 is 11.6 Å². The van der Waals surface area contributed by atoms with Crippen molar-refractivity contribution in [3.8, 4) is 0 Å². The summed E-state index contributed by atoms with van der Waals surface area (Å²) < 4.78 is 38.9. The molecule has 1 aliphatic rings. The highest BCUT2D eigenvalue weighted by atomic mass is 35.5. The van der Waals surface area contributed by atoms with E-state index in [4.69, 9.17) is 11.6 Å². The molecule has 0 bridgehead atoms. The highest BCUT2D eigenvalue weighted by Gasteiger charge is 2.34. The Morgan fingerprint density at radius 2 is 1.84 bits per heavy atom. The number of para-hydroxylation sites is 1. The summed E-state index contributed by atoms with van der Waals surface area (Å²) in [4.78, 5) is 18.7. The highest BCUT2D eigenvalue weighted by Crippen LogP contribution is 2.36. The lowest BCUT2D eigenvalue weighted by Crippen LogP contribution is -2.43. The van der Waals surface area contributed by atoms with Gasteiger partial charge in [-0.15, -0.1) is 0 Å². The predicted molar refractivity (Wildman–Crippen MR) is 113 cm³/mol. The quantitative estimate of drug-likeness (QED) is 0.527. The van der Waals surface area contributed by atoms with Gasteiger partial charge >= 0.3 is 12.2 Å². The predicted octanol–water partition coefficient (Wildman–Crippen LogP) is 6.13. The monoisotopic (exact) mass is 445 g/mol. The topological polar surface area (TPSA) is 45.2 Å². The molecule has 3 aromatic rings. The second kappa shape index (κ2) is 8.59. The number of fused-ring (bicyclic) bond motifs is 1. The second-order valence-electron chi connectivity index (χ2n) is 7.31. The van der Waals surface area contributed by atoms with Gasteiger partial charge in [-0.25, -0.2) is 4.79 Å². The molecule has 0 spiro atoms. The van der Waals surface area contributed by atoms with Gasteiger partial charge in [0.1, 0.15) is 0 Å². The molecule has 160 valence electrons. The molecule has 1 aliphatic heterocycles. The number of carbonyl (C=O) groups excluding carboxylic acids is 1. The fourth-order valence-corrected chi connectivity index (χ4v) is 4.03. The Morgan fingerprint density at radius 3 is 2.55 bits per heavy atom. The van der Waals surface area contributed by atoms with Crippen molar-refractivity contribution in [1.82, 2.24) is 9.88 Å². The third kappa shape index (κ3) is 4.66. The van der Waals surface area contributed by atoms with Gasteiger partial charge < -0.3 is 10.2 Å². The van der Waals surface area contributed by atoms with E-state index in [1.54, 1.807) is 17.0 Å². The van der Waals surface area contributed by atoms with E-state index in [2.05, 4.69) is 10.3 Å². The smallest absolute Gasteiger partial charge is 0.317 e. The van der Waals surface area contributed by atoms with Crippen LogP contribution in [0.25, 0.3) is 0 Å². The van der Waals surface area contributed by atoms with E-state index in [9.17, 15) is 18.0 Å². The number of nitrogens with one attached hydrogen (secondary N) is 1. The zero-order valence-electron chi connectivity index (χ0n) is 16.4. The summed E-state index contributed by atoms with van der Waals surface area (Å²) in [6.07, 6.45) is -2.85. The van der Waals surface area contributed by atoms with Crippen molar-refractivity contribution in [3.05, 3.63) is 94.3 Å². The first-order chi connectivity index (χ1) is 14.8. The van der Waals surface area contributed by atoms with Crippen molar-refractivity contribution in [1.29, 1.82) is 0 Å². The van der Waals surface area contributed by atoms with E-state index in [1.807, 2.05) is 42.5 Å². The van der Waals surface area contributed by atoms with Crippen molar-refractivity contribution in [2.75, 3.05) is 11.9 Å². The normalized spacial score (nSPS) is 16.0. The molecule has 0 saturated carbocycles. The van der Waals surface area contributed by atoms with E-state index in [-0.39, 0.29) is 17.5 Å². The molecule has 0 radical (unpaired) electrons. The Labute approximate surface area is 182 Å². The van der Waals surface area contributed by atoms with Gasteiger partial charge in [0.25, 0.3) is 0 Å². The number of carbonyl (C=O) groups is 1. The summed E-state index contributed by atoms with van der Waals surface area (Å²) in [7, 11) is 0. The number of anilines is 1. The van der Waals surface area contributed by atoms with Crippen LogP contribution in [0.4, 0.5) is 23.7 Å². The number of alkyl halides is 3. The molecule has 4 rings (SSSR count). The number of benzene rings is 2. The Balaban J connectivity index is 1.65. The van der Waals surface area contributed by atoms with Crippen molar-refractivity contribution in [3.63, 3.8) is 0 Å². The Hall–Kier alpha value is -3.06. The Morgan fingerprint density at radius 1 is 1.13 bits per heavy atom. The first-order valence-corrected chi connectivity index (χ1v) is 10.1. The minimum atomic E-state index is -4.52. The lowest BCUT2D eigenvalue weighted by molar-refractivity contribution is -0.137. The summed E-state index contributed by atoms with van der Waals surface area (Å²) in [5.74, 6) is 0. The first-order valence-electron chi connectivity index (χ1n) is 9.75. The number of halogens is 4. The molecule has 2 heterocycles. The molecule has 4 nitrogen and oxygen atoms in total. The molecule has 0 saturated heterocycles. The largest absolute Gasteiger partial charge is 0.417 e. The lowest BCUT2D eigenvalue weighted by Gasteiger charge is -2.37. The van der Waals surface area contributed by atoms with Crippen LogP contribution in [-0.2, 0) is 19.0 Å². The van der Waals surface area contributed by atoms with E-state index in [0.29, 0.717) is 24.3 Å². The van der Waals surface area contributed by atoms with Crippen LogP contribution in [0.3, 0.4) is 0 Å². The summed E-state index contributed by atoms with van der Waals surface area (Å²) in [5, 5.41) is 2.82. The molecule has 8 heteroatoms. The van der Waals surface area contributed by atoms with E-state index >= 15 is 0 Å². The van der Waals surface area contributed by atoms with Crippen molar-refractivity contribution < 1.29 is 18.0 Å². The van der Waals surface area contributed by atoms with Crippen LogP contribution in [0.15, 0.2) is 66.9 Å². The van der Waals surface area contributed by atoms with Crippen LogP contribution in [0, 0.1) is 0 Å². The Kier molecular flexibility index (Phi) is 5.87. The Bertz CT molecular complexity index is 1090. The van der Waals surface area contributed by atoms with Gasteiger partial charge in [0.15, 0.2) is 0 Å². The molecule has 2 amide bonds. The maximum absolute atomic E-state index is 13.1. The number of urea groups is 1. The lowest BCUT2D eigenvalue weighted by atomic mass is 9.90. The average molecular weight is 446 g/mol. The van der Waals surface area contributed by atoms with Gasteiger partial charge in [-0.2, -0.15) is 13.2 Å². The fourth-order valence-electron chi connectivity index (χ4n) is 3.79. The number of nitrogens with zero attached hydrogens (tertiary/aromatic N) is 2. The minimum absolute atomic E-state index is 0.0682. The molecule has 31 heavy (non-hydrogen) atoms. The number of amides is 2. The van der Waals surface area contributed by atoms with Crippen LogP contribution in [-0.4, -0.2) is 22.5 Å². The maximum atomic E-state index is 13.1. The van der Waals surface area contributed by atoms with E-state index in [1.165, 1.54) is 0 Å². The summed E-state index contributed by atoms with van der Waals surface area (Å²) >= 11 is 6.16. The molecule has 1 atom stereocenters. The first kappa shape index (κ1) is 21.2. The number of hydrogen-bond donors (Lipinski definition) is 1. The zero-order chi connectivity index (χ0) is 22.0. The number of pyridine rings is 1.